The SMILES string of the molecule is CCC(CNC(=O)[C@@H]1CC[C@H](CN)O1)Cc1cccc(Br)c1. The van der Waals surface area contributed by atoms with E-state index in [0.29, 0.717) is 19.0 Å². The number of halogens is 1. The second-order valence-corrected chi connectivity index (χ2v) is 6.83. The molecule has 5 heteroatoms. The van der Waals surface area contributed by atoms with Gasteiger partial charge in [0.05, 0.1) is 6.10 Å². The van der Waals surface area contributed by atoms with Crippen LogP contribution in [0.4, 0.5) is 0 Å². The van der Waals surface area contributed by atoms with Gasteiger partial charge in [0.15, 0.2) is 0 Å². The maximum atomic E-state index is 12.1. The van der Waals surface area contributed by atoms with Crippen molar-refractivity contribution in [1.29, 1.82) is 0 Å². The highest BCUT2D eigenvalue weighted by atomic mass is 79.9. The molecule has 4 nitrogen and oxygen atoms in total. The summed E-state index contributed by atoms with van der Waals surface area (Å²) in [5.41, 5.74) is 6.87. The van der Waals surface area contributed by atoms with E-state index < -0.39 is 0 Å². The Labute approximate surface area is 140 Å². The van der Waals surface area contributed by atoms with Crippen LogP contribution >= 0.6 is 15.9 Å². The molecule has 1 aromatic rings. The van der Waals surface area contributed by atoms with Crippen LogP contribution in [-0.4, -0.2) is 31.2 Å². The predicted molar refractivity (Wildman–Crippen MR) is 91.6 cm³/mol. The van der Waals surface area contributed by atoms with Crippen molar-refractivity contribution in [3.63, 3.8) is 0 Å². The maximum absolute atomic E-state index is 12.1. The zero-order chi connectivity index (χ0) is 15.9. The van der Waals surface area contributed by atoms with Crippen LogP contribution in [0.15, 0.2) is 28.7 Å². The van der Waals surface area contributed by atoms with Gasteiger partial charge in [0.2, 0.25) is 5.91 Å². The molecule has 22 heavy (non-hydrogen) atoms. The molecule has 1 saturated heterocycles. The Kier molecular flexibility index (Phi) is 6.86. The van der Waals surface area contributed by atoms with Gasteiger partial charge in [-0.05, 0) is 42.9 Å². The van der Waals surface area contributed by atoms with E-state index in [1.165, 1.54) is 5.56 Å². The molecule has 0 aliphatic carbocycles. The minimum Gasteiger partial charge on any atom is -0.364 e. The molecule has 0 radical (unpaired) electrons. The van der Waals surface area contributed by atoms with Crippen LogP contribution in [0.2, 0.25) is 0 Å². The van der Waals surface area contributed by atoms with Crippen molar-refractivity contribution >= 4 is 21.8 Å². The van der Waals surface area contributed by atoms with Crippen LogP contribution in [-0.2, 0) is 16.0 Å². The molecule has 0 saturated carbocycles. The summed E-state index contributed by atoms with van der Waals surface area (Å²) in [5.74, 6) is 0.439. The van der Waals surface area contributed by atoms with Crippen molar-refractivity contribution < 1.29 is 9.53 Å². The summed E-state index contributed by atoms with van der Waals surface area (Å²) in [4.78, 5) is 12.1. The molecule has 1 fully saturated rings. The highest BCUT2D eigenvalue weighted by Gasteiger charge is 2.29. The Morgan fingerprint density at radius 1 is 1.50 bits per heavy atom. The van der Waals surface area contributed by atoms with Gasteiger partial charge in [-0.2, -0.15) is 0 Å². The molecular weight excluding hydrogens is 344 g/mol. The molecule has 1 aliphatic rings. The number of nitrogens with one attached hydrogen (secondary N) is 1. The first-order chi connectivity index (χ1) is 10.6. The molecular formula is C17H25BrN2O2. The number of rotatable bonds is 7. The third-order valence-corrected chi connectivity index (χ3v) is 4.71. The molecule has 1 aromatic carbocycles. The lowest BCUT2D eigenvalue weighted by atomic mass is 9.97. The summed E-state index contributed by atoms with van der Waals surface area (Å²) >= 11 is 3.50. The smallest absolute Gasteiger partial charge is 0.249 e. The van der Waals surface area contributed by atoms with Crippen LogP contribution < -0.4 is 11.1 Å². The minimum absolute atomic E-state index is 0.00337. The Bertz CT molecular complexity index is 495. The molecule has 1 aliphatic heterocycles. The van der Waals surface area contributed by atoms with Crippen LogP contribution in [0, 0.1) is 5.92 Å². The molecule has 3 atom stereocenters. The van der Waals surface area contributed by atoms with E-state index >= 15 is 0 Å². The van der Waals surface area contributed by atoms with Gasteiger partial charge in [0.1, 0.15) is 6.10 Å². The van der Waals surface area contributed by atoms with E-state index in [4.69, 9.17) is 10.5 Å². The van der Waals surface area contributed by atoms with Gasteiger partial charge in [0.25, 0.3) is 0 Å². The third kappa shape index (κ3) is 5.07. The number of nitrogens with two attached hydrogens (primary N) is 1. The van der Waals surface area contributed by atoms with Gasteiger partial charge < -0.3 is 15.8 Å². The summed E-state index contributed by atoms with van der Waals surface area (Å²) < 4.78 is 6.72. The highest BCUT2D eigenvalue weighted by Crippen LogP contribution is 2.20. The van der Waals surface area contributed by atoms with Gasteiger partial charge in [0, 0.05) is 17.6 Å². The quantitative estimate of drug-likeness (QED) is 0.777. The number of carbonyl (C=O) groups excluding carboxylic acids is 1. The van der Waals surface area contributed by atoms with Gasteiger partial charge in [-0.1, -0.05) is 41.4 Å². The summed E-state index contributed by atoms with van der Waals surface area (Å²) in [7, 11) is 0. The first-order valence-corrected chi connectivity index (χ1v) is 8.79. The average molecular weight is 369 g/mol. The normalized spacial score (nSPS) is 22.5. The maximum Gasteiger partial charge on any atom is 0.249 e. The van der Waals surface area contributed by atoms with Crippen LogP contribution in [0.25, 0.3) is 0 Å². The van der Waals surface area contributed by atoms with E-state index in [1.807, 2.05) is 12.1 Å². The zero-order valence-electron chi connectivity index (χ0n) is 13.1. The second kappa shape index (κ2) is 8.65. The average Bonchev–Trinajstić information content (AvgIpc) is 3.00. The first-order valence-electron chi connectivity index (χ1n) is 8.00. The van der Waals surface area contributed by atoms with Crippen LogP contribution in [0.3, 0.4) is 0 Å². The number of benzene rings is 1. The fourth-order valence-electron chi connectivity index (χ4n) is 2.79. The van der Waals surface area contributed by atoms with E-state index in [2.05, 4.69) is 40.3 Å². The molecule has 0 bridgehead atoms. The number of ether oxygens (including phenoxy) is 1. The lowest BCUT2D eigenvalue weighted by molar-refractivity contribution is -0.132. The van der Waals surface area contributed by atoms with Crippen molar-refractivity contribution in [1.82, 2.24) is 5.32 Å². The monoisotopic (exact) mass is 368 g/mol. The van der Waals surface area contributed by atoms with Crippen molar-refractivity contribution in [3.8, 4) is 0 Å². The fraction of sp³-hybridized carbons (Fsp3) is 0.588. The minimum atomic E-state index is -0.322. The first kappa shape index (κ1) is 17.4. The van der Waals surface area contributed by atoms with E-state index in [0.717, 1.165) is 30.2 Å². The Hall–Kier alpha value is -0.910. The topological polar surface area (TPSA) is 64.4 Å². The van der Waals surface area contributed by atoms with E-state index in [9.17, 15) is 4.79 Å². The van der Waals surface area contributed by atoms with E-state index in [-0.39, 0.29) is 18.1 Å². The Morgan fingerprint density at radius 3 is 2.95 bits per heavy atom. The summed E-state index contributed by atoms with van der Waals surface area (Å²) in [5, 5.41) is 3.04. The van der Waals surface area contributed by atoms with Gasteiger partial charge in [-0.25, -0.2) is 0 Å². The van der Waals surface area contributed by atoms with Gasteiger partial charge in [-0.15, -0.1) is 0 Å². The summed E-state index contributed by atoms with van der Waals surface area (Å²) in [6.45, 7) is 3.34. The van der Waals surface area contributed by atoms with Crippen molar-refractivity contribution in [2.45, 2.75) is 44.8 Å². The van der Waals surface area contributed by atoms with Gasteiger partial charge >= 0.3 is 0 Å². The molecule has 1 unspecified atom stereocenters. The number of hydrogen-bond acceptors (Lipinski definition) is 3. The summed E-state index contributed by atoms with van der Waals surface area (Å²) in [6.07, 6.45) is 3.37. The van der Waals surface area contributed by atoms with Crippen LogP contribution in [0.5, 0.6) is 0 Å². The third-order valence-electron chi connectivity index (χ3n) is 4.22. The molecule has 0 spiro atoms. The van der Waals surface area contributed by atoms with Crippen LogP contribution in [0.1, 0.15) is 31.7 Å². The molecule has 122 valence electrons. The van der Waals surface area contributed by atoms with Gasteiger partial charge in [-0.3, -0.25) is 4.79 Å². The number of hydrogen-bond donors (Lipinski definition) is 2. The van der Waals surface area contributed by atoms with Crippen molar-refractivity contribution in [3.05, 3.63) is 34.3 Å². The Balaban J connectivity index is 1.79. The largest absolute Gasteiger partial charge is 0.364 e. The second-order valence-electron chi connectivity index (χ2n) is 5.91. The molecule has 3 N–H and O–H groups in total. The van der Waals surface area contributed by atoms with Crippen molar-refractivity contribution in [2.75, 3.05) is 13.1 Å². The number of amides is 1. The highest BCUT2D eigenvalue weighted by molar-refractivity contribution is 9.10. The molecule has 0 aromatic heterocycles. The van der Waals surface area contributed by atoms with Crippen molar-refractivity contribution in [2.24, 2.45) is 11.7 Å². The molecule has 1 heterocycles. The standard InChI is InChI=1S/C17H25BrN2O2/c1-2-12(8-13-4-3-5-14(18)9-13)11-20-17(21)16-7-6-15(10-19)22-16/h3-5,9,12,15-16H,2,6-8,10-11,19H2,1H3,(H,20,21)/t12?,15-,16+/m1/s1. The lowest BCUT2D eigenvalue weighted by Crippen LogP contribution is -2.38. The molecule has 1 amide bonds. The molecule has 2 rings (SSSR count). The summed E-state index contributed by atoms with van der Waals surface area (Å²) in [6, 6.07) is 8.33. The lowest BCUT2D eigenvalue weighted by Gasteiger charge is -2.18. The Morgan fingerprint density at radius 2 is 2.32 bits per heavy atom. The predicted octanol–water partition coefficient (Wildman–Crippen LogP) is 2.64. The van der Waals surface area contributed by atoms with E-state index in [1.54, 1.807) is 0 Å². The number of carbonyl (C=O) groups is 1. The fourth-order valence-corrected chi connectivity index (χ4v) is 3.24. The zero-order valence-corrected chi connectivity index (χ0v) is 14.6.